The van der Waals surface area contributed by atoms with Crippen molar-refractivity contribution in [3.63, 3.8) is 0 Å². The number of likely N-dealkylation sites (tertiary alicyclic amines) is 1. The van der Waals surface area contributed by atoms with Crippen LogP contribution in [-0.2, 0) is 16.1 Å². The van der Waals surface area contributed by atoms with E-state index in [1.54, 1.807) is 42.5 Å². The number of benzene rings is 2. The number of halogens is 1. The van der Waals surface area contributed by atoms with Crippen LogP contribution in [0.2, 0.25) is 0 Å². The van der Waals surface area contributed by atoms with Crippen molar-refractivity contribution in [1.82, 2.24) is 4.90 Å². The molecule has 146 valence electrons. The third-order valence-corrected chi connectivity index (χ3v) is 4.97. The van der Waals surface area contributed by atoms with Gasteiger partial charge in [-0.2, -0.15) is 0 Å². The molecule has 0 spiro atoms. The second-order valence-electron chi connectivity index (χ2n) is 6.89. The topological polar surface area (TPSA) is 70.8 Å². The number of hydrogen-bond donors (Lipinski definition) is 1. The summed E-state index contributed by atoms with van der Waals surface area (Å²) in [5, 5.41) is 10.9. The molecule has 0 radical (unpaired) electrons. The Kier molecular flexibility index (Phi) is 4.76. The maximum atomic E-state index is 14.7. The van der Waals surface area contributed by atoms with Crippen LogP contribution in [0.4, 0.5) is 4.39 Å². The van der Waals surface area contributed by atoms with Gasteiger partial charge in [-0.15, -0.1) is 0 Å². The van der Waals surface area contributed by atoms with Crippen molar-refractivity contribution in [1.29, 1.82) is 0 Å². The number of ketones is 1. The largest absolute Gasteiger partial charge is 0.507 e. The molecular formula is C23H18FNO4. The highest BCUT2D eigenvalue weighted by Crippen LogP contribution is 2.41. The first-order chi connectivity index (χ1) is 14.0. The van der Waals surface area contributed by atoms with Crippen molar-refractivity contribution in [3.8, 4) is 0 Å². The summed E-state index contributed by atoms with van der Waals surface area (Å²) in [6.45, 7) is 1.87. The van der Waals surface area contributed by atoms with E-state index in [1.807, 2.05) is 6.92 Å². The van der Waals surface area contributed by atoms with Gasteiger partial charge in [0, 0.05) is 11.1 Å². The number of amides is 1. The average Bonchev–Trinajstić information content (AvgIpc) is 3.31. The minimum absolute atomic E-state index is 0.0265. The highest BCUT2D eigenvalue weighted by atomic mass is 19.1. The van der Waals surface area contributed by atoms with Crippen LogP contribution >= 0.6 is 0 Å². The Hall–Kier alpha value is -3.67. The number of Topliss-reactive ketones (excluding diaryl/α,β-unsaturated/α-hetero) is 1. The Labute approximate surface area is 166 Å². The summed E-state index contributed by atoms with van der Waals surface area (Å²) in [4.78, 5) is 26.9. The number of aliphatic hydroxyl groups excluding tert-OH is 1. The summed E-state index contributed by atoms with van der Waals surface area (Å²) in [5.41, 5.74) is 1.35. The number of carbonyl (C=O) groups is 2. The molecule has 2 heterocycles. The zero-order chi connectivity index (χ0) is 20.5. The van der Waals surface area contributed by atoms with Crippen LogP contribution in [-0.4, -0.2) is 21.7 Å². The predicted octanol–water partition coefficient (Wildman–Crippen LogP) is 4.35. The van der Waals surface area contributed by atoms with Crippen LogP contribution in [0.15, 0.2) is 76.9 Å². The molecule has 0 bridgehead atoms. The average molecular weight is 391 g/mol. The van der Waals surface area contributed by atoms with Gasteiger partial charge in [0.1, 0.15) is 17.3 Å². The second-order valence-corrected chi connectivity index (χ2v) is 6.89. The third kappa shape index (κ3) is 3.33. The Morgan fingerprint density at radius 3 is 2.45 bits per heavy atom. The Bertz CT molecular complexity index is 1100. The van der Waals surface area contributed by atoms with Gasteiger partial charge in [-0.05, 0) is 25.1 Å². The van der Waals surface area contributed by atoms with E-state index in [4.69, 9.17) is 4.42 Å². The van der Waals surface area contributed by atoms with E-state index in [-0.39, 0.29) is 23.4 Å². The fourth-order valence-corrected chi connectivity index (χ4v) is 3.50. The number of aliphatic hydroxyl groups is 1. The van der Waals surface area contributed by atoms with E-state index in [9.17, 15) is 19.1 Å². The monoisotopic (exact) mass is 391 g/mol. The van der Waals surface area contributed by atoms with Crippen LogP contribution in [0.3, 0.4) is 0 Å². The molecule has 1 N–H and O–H groups in total. The maximum absolute atomic E-state index is 14.7. The summed E-state index contributed by atoms with van der Waals surface area (Å²) < 4.78 is 20.0. The van der Waals surface area contributed by atoms with Gasteiger partial charge in [-0.3, -0.25) is 9.59 Å². The number of carbonyl (C=O) groups excluding carboxylic acids is 2. The van der Waals surface area contributed by atoms with Crippen molar-refractivity contribution >= 4 is 17.4 Å². The zero-order valence-electron chi connectivity index (χ0n) is 15.6. The molecule has 1 aliphatic heterocycles. The van der Waals surface area contributed by atoms with Crippen LogP contribution < -0.4 is 0 Å². The normalized spacial score (nSPS) is 18.4. The van der Waals surface area contributed by atoms with Crippen LogP contribution in [0.1, 0.15) is 28.5 Å². The molecule has 1 amide bonds. The van der Waals surface area contributed by atoms with Crippen LogP contribution in [0.5, 0.6) is 0 Å². The van der Waals surface area contributed by atoms with Gasteiger partial charge in [-0.25, -0.2) is 4.39 Å². The van der Waals surface area contributed by atoms with E-state index in [2.05, 4.69) is 0 Å². The molecule has 2 aromatic carbocycles. The fraction of sp³-hybridized carbons (Fsp3) is 0.130. The van der Waals surface area contributed by atoms with E-state index >= 15 is 0 Å². The van der Waals surface area contributed by atoms with Gasteiger partial charge < -0.3 is 14.4 Å². The molecule has 3 aromatic rings. The van der Waals surface area contributed by atoms with Gasteiger partial charge in [0.2, 0.25) is 0 Å². The van der Waals surface area contributed by atoms with Crippen molar-refractivity contribution in [2.75, 3.05) is 0 Å². The number of furan rings is 1. The van der Waals surface area contributed by atoms with E-state index in [1.165, 1.54) is 29.4 Å². The molecule has 0 unspecified atom stereocenters. The number of aryl methyl sites for hydroxylation is 1. The lowest BCUT2D eigenvalue weighted by Crippen LogP contribution is -2.29. The van der Waals surface area contributed by atoms with E-state index in [0.717, 1.165) is 5.56 Å². The standard InChI is InChI=1S/C23H18FNO4/c1-14-8-10-15(11-9-14)21(26)19-20(17-6-2-3-7-18(17)24)25(23(28)22(19)27)13-16-5-4-12-29-16/h2-12,20,26H,13H2,1H3/b21-19+/t20-/m0/s1. The van der Waals surface area contributed by atoms with Gasteiger partial charge in [-0.1, -0.05) is 48.0 Å². The maximum Gasteiger partial charge on any atom is 0.296 e. The van der Waals surface area contributed by atoms with Gasteiger partial charge in [0.15, 0.2) is 0 Å². The highest BCUT2D eigenvalue weighted by molar-refractivity contribution is 6.46. The molecule has 1 atom stereocenters. The second kappa shape index (κ2) is 7.39. The minimum Gasteiger partial charge on any atom is -0.507 e. The summed E-state index contributed by atoms with van der Waals surface area (Å²) in [6, 6.07) is 15.0. The third-order valence-electron chi connectivity index (χ3n) is 4.97. The van der Waals surface area contributed by atoms with Crippen molar-refractivity contribution < 1.29 is 23.5 Å². The highest BCUT2D eigenvalue weighted by Gasteiger charge is 2.47. The quantitative estimate of drug-likeness (QED) is 0.408. The molecule has 29 heavy (non-hydrogen) atoms. The smallest absolute Gasteiger partial charge is 0.296 e. The molecule has 0 saturated carbocycles. The van der Waals surface area contributed by atoms with Crippen molar-refractivity contribution in [2.24, 2.45) is 0 Å². The fourth-order valence-electron chi connectivity index (χ4n) is 3.50. The van der Waals surface area contributed by atoms with E-state index < -0.39 is 23.5 Å². The Morgan fingerprint density at radius 1 is 1.07 bits per heavy atom. The van der Waals surface area contributed by atoms with E-state index in [0.29, 0.717) is 11.3 Å². The SMILES string of the molecule is Cc1ccc(/C(O)=C2\C(=O)C(=O)N(Cc3ccco3)[C@H]2c2ccccc2F)cc1. The lowest BCUT2D eigenvalue weighted by molar-refractivity contribution is -0.140. The molecule has 1 aliphatic rings. The first kappa shape index (κ1) is 18.7. The molecule has 5 nitrogen and oxygen atoms in total. The molecule has 1 saturated heterocycles. The molecule has 1 aromatic heterocycles. The summed E-state index contributed by atoms with van der Waals surface area (Å²) in [5.74, 6) is -2.13. The van der Waals surface area contributed by atoms with Gasteiger partial charge >= 0.3 is 0 Å². The molecule has 0 aliphatic carbocycles. The summed E-state index contributed by atoms with van der Waals surface area (Å²) >= 11 is 0. The van der Waals surface area contributed by atoms with Crippen molar-refractivity contribution in [2.45, 2.75) is 19.5 Å². The van der Waals surface area contributed by atoms with Gasteiger partial charge in [0.25, 0.3) is 11.7 Å². The molecule has 4 rings (SSSR count). The lowest BCUT2D eigenvalue weighted by atomic mass is 9.94. The van der Waals surface area contributed by atoms with Gasteiger partial charge in [0.05, 0.1) is 24.4 Å². The first-order valence-corrected chi connectivity index (χ1v) is 9.09. The zero-order valence-corrected chi connectivity index (χ0v) is 15.6. The Morgan fingerprint density at radius 2 is 1.79 bits per heavy atom. The Balaban J connectivity index is 1.89. The molecular weight excluding hydrogens is 373 g/mol. The van der Waals surface area contributed by atoms with Crippen molar-refractivity contribution in [3.05, 3.63) is 101 Å². The minimum atomic E-state index is -1.07. The number of hydrogen-bond acceptors (Lipinski definition) is 4. The predicted molar refractivity (Wildman–Crippen MR) is 104 cm³/mol. The molecule has 6 heteroatoms. The summed E-state index contributed by atoms with van der Waals surface area (Å²) in [6.07, 6.45) is 1.45. The summed E-state index contributed by atoms with van der Waals surface area (Å²) in [7, 11) is 0. The number of nitrogens with zero attached hydrogens (tertiary/aromatic N) is 1. The van der Waals surface area contributed by atoms with Crippen LogP contribution in [0.25, 0.3) is 5.76 Å². The number of rotatable bonds is 4. The lowest BCUT2D eigenvalue weighted by Gasteiger charge is -2.24. The van der Waals surface area contributed by atoms with Crippen LogP contribution in [0, 0.1) is 12.7 Å². The first-order valence-electron chi connectivity index (χ1n) is 9.09. The molecule has 1 fully saturated rings.